The molecule has 4 nitrogen and oxygen atoms in total. The lowest BCUT2D eigenvalue weighted by molar-refractivity contribution is 1.28. The molecule has 16 heavy (non-hydrogen) atoms. The van der Waals surface area contributed by atoms with Crippen LogP contribution in [0.4, 0.5) is 0 Å². The van der Waals surface area contributed by atoms with Gasteiger partial charge in [0.2, 0.25) is 0 Å². The van der Waals surface area contributed by atoms with E-state index in [1.807, 2.05) is 12.1 Å². The monoisotopic (exact) mass is 274 g/mol. The van der Waals surface area contributed by atoms with Gasteiger partial charge in [-0.2, -0.15) is 0 Å². The van der Waals surface area contributed by atoms with E-state index in [1.165, 1.54) is 0 Å². The molecule has 0 aliphatic carbocycles. The van der Waals surface area contributed by atoms with Gasteiger partial charge in [-0.3, -0.25) is 9.97 Å². The number of nitrogens with zero attached hydrogens (tertiary/aromatic N) is 3. The summed E-state index contributed by atoms with van der Waals surface area (Å²) in [5, 5.41) is 0. The second kappa shape index (κ2) is 3.68. The molecular formula is C11H7BrN4. The number of benzene rings is 1. The van der Waals surface area contributed by atoms with Crippen LogP contribution in [0.25, 0.3) is 22.3 Å². The van der Waals surface area contributed by atoms with Crippen molar-refractivity contribution in [1.82, 2.24) is 19.9 Å². The Labute approximate surface area is 99.9 Å². The van der Waals surface area contributed by atoms with Crippen molar-refractivity contribution >= 4 is 27.0 Å². The Balaban J connectivity index is 2.32. The van der Waals surface area contributed by atoms with Gasteiger partial charge in [-0.15, -0.1) is 0 Å². The zero-order valence-corrected chi connectivity index (χ0v) is 9.77. The van der Waals surface area contributed by atoms with Crippen molar-refractivity contribution in [3.05, 3.63) is 41.5 Å². The summed E-state index contributed by atoms with van der Waals surface area (Å²) in [4.78, 5) is 15.6. The predicted octanol–water partition coefficient (Wildman–Crippen LogP) is 2.78. The van der Waals surface area contributed by atoms with Crippen LogP contribution in [0.5, 0.6) is 0 Å². The largest absolute Gasteiger partial charge is 0.345 e. The van der Waals surface area contributed by atoms with Gasteiger partial charge in [0, 0.05) is 18.0 Å². The SMILES string of the molecule is Brc1c(-c2cnc[nH]2)ccc2nccnc12. The highest BCUT2D eigenvalue weighted by Gasteiger charge is 2.09. The van der Waals surface area contributed by atoms with Crippen molar-refractivity contribution in [2.45, 2.75) is 0 Å². The molecule has 0 saturated heterocycles. The van der Waals surface area contributed by atoms with Gasteiger partial charge in [-0.25, -0.2) is 4.98 Å². The minimum atomic E-state index is 0.856. The quantitative estimate of drug-likeness (QED) is 0.743. The number of hydrogen-bond acceptors (Lipinski definition) is 3. The zero-order valence-electron chi connectivity index (χ0n) is 8.18. The number of hydrogen-bond donors (Lipinski definition) is 1. The average molecular weight is 275 g/mol. The fourth-order valence-corrected chi connectivity index (χ4v) is 2.27. The first-order valence-electron chi connectivity index (χ1n) is 4.74. The number of fused-ring (bicyclic) bond motifs is 1. The van der Waals surface area contributed by atoms with E-state index in [1.54, 1.807) is 24.9 Å². The fourth-order valence-electron chi connectivity index (χ4n) is 1.61. The standard InChI is InChI=1S/C11H7BrN4/c12-10-7(9-5-13-6-16-9)1-2-8-11(10)15-4-3-14-8/h1-6H,(H,13,16). The summed E-state index contributed by atoms with van der Waals surface area (Å²) < 4.78 is 0.933. The molecule has 0 aliphatic rings. The van der Waals surface area contributed by atoms with Crippen LogP contribution in [0.15, 0.2) is 41.5 Å². The predicted molar refractivity (Wildman–Crippen MR) is 64.8 cm³/mol. The molecule has 3 aromatic rings. The maximum absolute atomic E-state index is 4.31. The van der Waals surface area contributed by atoms with E-state index >= 15 is 0 Å². The van der Waals surface area contributed by atoms with Crippen molar-refractivity contribution < 1.29 is 0 Å². The van der Waals surface area contributed by atoms with Crippen LogP contribution in [0, 0.1) is 0 Å². The number of aromatic nitrogens is 4. The van der Waals surface area contributed by atoms with Crippen molar-refractivity contribution in [3.63, 3.8) is 0 Å². The first kappa shape index (κ1) is 9.47. The lowest BCUT2D eigenvalue weighted by Gasteiger charge is -2.04. The highest BCUT2D eigenvalue weighted by Crippen LogP contribution is 2.31. The second-order valence-corrected chi connectivity index (χ2v) is 4.11. The molecule has 0 saturated carbocycles. The van der Waals surface area contributed by atoms with Gasteiger partial charge in [0.25, 0.3) is 0 Å². The Bertz CT molecular complexity index is 634. The van der Waals surface area contributed by atoms with Gasteiger partial charge in [-0.1, -0.05) is 0 Å². The highest BCUT2D eigenvalue weighted by molar-refractivity contribution is 9.10. The van der Waals surface area contributed by atoms with E-state index < -0.39 is 0 Å². The number of halogens is 1. The van der Waals surface area contributed by atoms with Crippen molar-refractivity contribution in [2.75, 3.05) is 0 Å². The topological polar surface area (TPSA) is 54.5 Å². The molecule has 0 unspecified atom stereocenters. The third-order valence-corrected chi connectivity index (χ3v) is 3.17. The van der Waals surface area contributed by atoms with Crippen LogP contribution in [0.2, 0.25) is 0 Å². The molecule has 0 bridgehead atoms. The Morgan fingerprint density at radius 3 is 2.81 bits per heavy atom. The number of imidazole rings is 1. The molecule has 3 rings (SSSR count). The lowest BCUT2D eigenvalue weighted by atomic mass is 10.1. The Kier molecular flexibility index (Phi) is 2.18. The fraction of sp³-hybridized carbons (Fsp3) is 0. The smallest absolute Gasteiger partial charge is 0.103 e. The van der Waals surface area contributed by atoms with Gasteiger partial charge < -0.3 is 4.98 Å². The highest BCUT2D eigenvalue weighted by atomic mass is 79.9. The van der Waals surface area contributed by atoms with Crippen LogP contribution in [0.1, 0.15) is 0 Å². The summed E-state index contributed by atoms with van der Waals surface area (Å²) in [6.07, 6.45) is 6.80. The number of H-pyrrole nitrogens is 1. The molecule has 5 heteroatoms. The van der Waals surface area contributed by atoms with Gasteiger partial charge in [0.1, 0.15) is 5.52 Å². The van der Waals surface area contributed by atoms with Gasteiger partial charge >= 0.3 is 0 Å². The molecule has 1 N–H and O–H groups in total. The molecule has 1 aromatic carbocycles. The molecule has 0 fully saturated rings. The third-order valence-electron chi connectivity index (χ3n) is 2.37. The molecule has 2 heterocycles. The summed E-state index contributed by atoms with van der Waals surface area (Å²) in [5.74, 6) is 0. The van der Waals surface area contributed by atoms with E-state index in [0.717, 1.165) is 26.8 Å². The molecule has 0 radical (unpaired) electrons. The van der Waals surface area contributed by atoms with Crippen LogP contribution in [-0.2, 0) is 0 Å². The number of rotatable bonds is 1. The van der Waals surface area contributed by atoms with Crippen LogP contribution in [-0.4, -0.2) is 19.9 Å². The van der Waals surface area contributed by atoms with E-state index in [2.05, 4.69) is 35.9 Å². The Hall–Kier alpha value is -1.75. The minimum absolute atomic E-state index is 0.856. The van der Waals surface area contributed by atoms with Gasteiger partial charge in [0.15, 0.2) is 0 Å². The molecule has 0 aliphatic heterocycles. The number of aromatic amines is 1. The molecule has 78 valence electrons. The summed E-state index contributed by atoms with van der Waals surface area (Å²) in [7, 11) is 0. The number of nitrogens with one attached hydrogen (secondary N) is 1. The van der Waals surface area contributed by atoms with E-state index in [-0.39, 0.29) is 0 Å². The van der Waals surface area contributed by atoms with Crippen LogP contribution < -0.4 is 0 Å². The summed E-state index contributed by atoms with van der Waals surface area (Å²) in [6, 6.07) is 3.94. The average Bonchev–Trinajstić information content (AvgIpc) is 2.83. The molecular weight excluding hydrogens is 268 g/mol. The van der Waals surface area contributed by atoms with Crippen LogP contribution >= 0.6 is 15.9 Å². The molecule has 0 spiro atoms. The van der Waals surface area contributed by atoms with Crippen molar-refractivity contribution in [1.29, 1.82) is 0 Å². The van der Waals surface area contributed by atoms with Crippen molar-refractivity contribution in [3.8, 4) is 11.3 Å². The molecule has 0 amide bonds. The minimum Gasteiger partial charge on any atom is -0.345 e. The molecule has 0 atom stereocenters. The summed E-state index contributed by atoms with van der Waals surface area (Å²) in [5.41, 5.74) is 3.72. The normalized spacial score (nSPS) is 10.8. The van der Waals surface area contributed by atoms with Gasteiger partial charge in [0.05, 0.1) is 28.2 Å². The third kappa shape index (κ3) is 1.40. The maximum atomic E-state index is 4.31. The van der Waals surface area contributed by atoms with E-state index in [4.69, 9.17) is 0 Å². The van der Waals surface area contributed by atoms with E-state index in [9.17, 15) is 0 Å². The summed E-state index contributed by atoms with van der Waals surface area (Å²) >= 11 is 3.55. The maximum Gasteiger partial charge on any atom is 0.103 e. The lowest BCUT2D eigenvalue weighted by Crippen LogP contribution is -1.87. The van der Waals surface area contributed by atoms with Crippen molar-refractivity contribution in [2.24, 2.45) is 0 Å². The first-order chi connectivity index (χ1) is 7.86. The second-order valence-electron chi connectivity index (χ2n) is 3.32. The van der Waals surface area contributed by atoms with E-state index in [0.29, 0.717) is 0 Å². The van der Waals surface area contributed by atoms with Crippen LogP contribution in [0.3, 0.4) is 0 Å². The molecule has 2 aromatic heterocycles. The summed E-state index contributed by atoms with van der Waals surface area (Å²) in [6.45, 7) is 0. The Morgan fingerprint density at radius 2 is 2.00 bits per heavy atom. The Morgan fingerprint density at radius 1 is 1.12 bits per heavy atom. The van der Waals surface area contributed by atoms with Gasteiger partial charge in [-0.05, 0) is 28.1 Å². The zero-order chi connectivity index (χ0) is 11.0. The first-order valence-corrected chi connectivity index (χ1v) is 5.53.